The summed E-state index contributed by atoms with van der Waals surface area (Å²) in [5.41, 5.74) is 0.828. The maximum atomic E-state index is 8.79. The van der Waals surface area contributed by atoms with Crippen molar-refractivity contribution in [2.24, 2.45) is 0 Å². The summed E-state index contributed by atoms with van der Waals surface area (Å²) in [5, 5.41) is 9.18. The van der Waals surface area contributed by atoms with Crippen LogP contribution in [0.1, 0.15) is 18.6 Å². The molecular formula is C10H9NOS. The molecule has 3 heteroatoms. The molecule has 0 aliphatic heterocycles. The van der Waals surface area contributed by atoms with Crippen molar-refractivity contribution in [3.05, 3.63) is 35.9 Å². The van der Waals surface area contributed by atoms with Crippen LogP contribution in [0, 0.1) is 11.3 Å². The van der Waals surface area contributed by atoms with E-state index in [1.165, 1.54) is 0 Å². The van der Waals surface area contributed by atoms with Gasteiger partial charge in [-0.3, -0.25) is 0 Å². The van der Waals surface area contributed by atoms with Crippen molar-refractivity contribution in [3.63, 3.8) is 0 Å². The number of benzene rings is 1. The maximum absolute atomic E-state index is 8.79. The molecule has 1 atom stereocenters. The molecule has 1 unspecified atom stereocenters. The van der Waals surface area contributed by atoms with E-state index in [1.807, 2.05) is 36.4 Å². The van der Waals surface area contributed by atoms with E-state index >= 15 is 0 Å². The van der Waals surface area contributed by atoms with Crippen LogP contribution in [-0.2, 0) is 4.74 Å². The lowest BCUT2D eigenvalue weighted by atomic mass is 10.1. The molecule has 1 aromatic carbocycles. The fourth-order valence-electron chi connectivity index (χ4n) is 0.963. The lowest BCUT2D eigenvalue weighted by Gasteiger charge is -2.10. The van der Waals surface area contributed by atoms with Gasteiger partial charge in [0.15, 0.2) is 5.05 Å². The SMILES string of the molecule is CC(=S)OC(C#N)c1ccccc1. The fraction of sp³-hybridized carbons (Fsp3) is 0.200. The van der Waals surface area contributed by atoms with E-state index in [1.54, 1.807) is 6.92 Å². The van der Waals surface area contributed by atoms with Crippen LogP contribution in [-0.4, -0.2) is 5.05 Å². The van der Waals surface area contributed by atoms with Crippen LogP contribution in [0.15, 0.2) is 30.3 Å². The Kier molecular flexibility index (Phi) is 3.41. The third-order valence-corrected chi connectivity index (χ3v) is 1.60. The smallest absolute Gasteiger partial charge is 0.210 e. The van der Waals surface area contributed by atoms with Crippen molar-refractivity contribution in [3.8, 4) is 6.07 Å². The first-order valence-electron chi connectivity index (χ1n) is 3.86. The number of nitriles is 1. The zero-order valence-electron chi connectivity index (χ0n) is 7.23. The Morgan fingerprint density at radius 1 is 1.46 bits per heavy atom. The monoisotopic (exact) mass is 191 g/mol. The molecule has 0 saturated carbocycles. The molecule has 0 bridgehead atoms. The van der Waals surface area contributed by atoms with E-state index in [0.717, 1.165) is 5.56 Å². The molecule has 0 aliphatic rings. The molecule has 66 valence electrons. The summed E-state index contributed by atoms with van der Waals surface area (Å²) in [6.07, 6.45) is -0.585. The third kappa shape index (κ3) is 2.85. The van der Waals surface area contributed by atoms with Crippen LogP contribution in [0.3, 0.4) is 0 Å². The first-order chi connectivity index (χ1) is 6.24. The Hall–Kier alpha value is -1.40. The molecule has 13 heavy (non-hydrogen) atoms. The minimum Gasteiger partial charge on any atom is -0.465 e. The summed E-state index contributed by atoms with van der Waals surface area (Å²) in [6.45, 7) is 1.66. The second-order valence-electron chi connectivity index (χ2n) is 2.53. The van der Waals surface area contributed by atoms with Crippen molar-refractivity contribution in [2.45, 2.75) is 13.0 Å². The minimum absolute atomic E-state index is 0.385. The Morgan fingerprint density at radius 2 is 2.08 bits per heavy atom. The van der Waals surface area contributed by atoms with Gasteiger partial charge in [0.05, 0.1) is 0 Å². The Balaban J connectivity index is 2.80. The van der Waals surface area contributed by atoms with E-state index in [2.05, 4.69) is 0 Å². The molecule has 0 amide bonds. The number of nitrogens with zero attached hydrogens (tertiary/aromatic N) is 1. The molecule has 1 rings (SSSR count). The number of thiocarbonyl (C=S) groups is 1. The lowest BCUT2D eigenvalue weighted by Crippen LogP contribution is -2.04. The van der Waals surface area contributed by atoms with Crippen molar-refractivity contribution in [1.82, 2.24) is 0 Å². The van der Waals surface area contributed by atoms with Gasteiger partial charge in [0.1, 0.15) is 6.07 Å². The van der Waals surface area contributed by atoms with Gasteiger partial charge in [0.25, 0.3) is 0 Å². The number of hydrogen-bond acceptors (Lipinski definition) is 3. The highest BCUT2D eigenvalue weighted by Gasteiger charge is 2.10. The summed E-state index contributed by atoms with van der Waals surface area (Å²) in [5.74, 6) is 0. The summed E-state index contributed by atoms with van der Waals surface area (Å²) in [7, 11) is 0. The molecule has 0 aliphatic carbocycles. The van der Waals surface area contributed by atoms with Crippen molar-refractivity contribution >= 4 is 17.3 Å². The van der Waals surface area contributed by atoms with Gasteiger partial charge in [-0.1, -0.05) is 30.3 Å². The summed E-state index contributed by atoms with van der Waals surface area (Å²) >= 11 is 4.76. The molecule has 0 radical (unpaired) electrons. The highest BCUT2D eigenvalue weighted by Crippen LogP contribution is 2.15. The maximum Gasteiger partial charge on any atom is 0.210 e. The molecular weight excluding hydrogens is 182 g/mol. The number of hydrogen-bond donors (Lipinski definition) is 0. The minimum atomic E-state index is -0.585. The van der Waals surface area contributed by atoms with Crippen LogP contribution in [0.25, 0.3) is 0 Å². The average molecular weight is 191 g/mol. The van der Waals surface area contributed by atoms with Gasteiger partial charge in [0.2, 0.25) is 6.10 Å². The predicted octanol–water partition coefficient (Wildman–Crippen LogP) is 2.62. The van der Waals surface area contributed by atoms with Gasteiger partial charge in [-0.15, -0.1) is 0 Å². The Bertz CT molecular complexity index is 329. The molecule has 0 saturated heterocycles. The average Bonchev–Trinajstić information content (AvgIpc) is 2.15. The summed E-state index contributed by atoms with van der Waals surface area (Å²) in [6, 6.07) is 11.3. The Morgan fingerprint density at radius 3 is 2.54 bits per heavy atom. The van der Waals surface area contributed by atoms with E-state index in [4.69, 9.17) is 22.2 Å². The quantitative estimate of drug-likeness (QED) is 0.674. The van der Waals surface area contributed by atoms with Crippen molar-refractivity contribution in [2.75, 3.05) is 0 Å². The topological polar surface area (TPSA) is 33.0 Å². The van der Waals surface area contributed by atoms with Gasteiger partial charge < -0.3 is 4.74 Å². The van der Waals surface area contributed by atoms with Crippen LogP contribution in [0.2, 0.25) is 0 Å². The molecule has 0 spiro atoms. The summed E-state index contributed by atoms with van der Waals surface area (Å²) < 4.78 is 5.16. The van der Waals surface area contributed by atoms with Gasteiger partial charge in [-0.05, 0) is 12.2 Å². The van der Waals surface area contributed by atoms with Crippen LogP contribution in [0.5, 0.6) is 0 Å². The Labute approximate surface area is 82.8 Å². The fourth-order valence-corrected chi connectivity index (χ4v) is 1.06. The highest BCUT2D eigenvalue weighted by molar-refractivity contribution is 7.80. The normalized spacial score (nSPS) is 11.4. The molecule has 0 N–H and O–H groups in total. The van der Waals surface area contributed by atoms with Crippen LogP contribution in [0.4, 0.5) is 0 Å². The lowest BCUT2D eigenvalue weighted by molar-refractivity contribution is 0.254. The molecule has 0 fully saturated rings. The highest BCUT2D eigenvalue weighted by atomic mass is 32.1. The number of rotatable bonds is 2. The molecule has 1 aromatic rings. The van der Waals surface area contributed by atoms with Crippen LogP contribution < -0.4 is 0 Å². The van der Waals surface area contributed by atoms with E-state index in [9.17, 15) is 0 Å². The van der Waals surface area contributed by atoms with Gasteiger partial charge in [-0.25, -0.2) is 0 Å². The first kappa shape index (κ1) is 9.69. The van der Waals surface area contributed by atoms with Crippen molar-refractivity contribution < 1.29 is 4.74 Å². The van der Waals surface area contributed by atoms with Gasteiger partial charge in [0, 0.05) is 12.5 Å². The zero-order chi connectivity index (χ0) is 9.68. The zero-order valence-corrected chi connectivity index (χ0v) is 8.04. The first-order valence-corrected chi connectivity index (χ1v) is 4.26. The largest absolute Gasteiger partial charge is 0.465 e. The van der Waals surface area contributed by atoms with Gasteiger partial charge >= 0.3 is 0 Å². The van der Waals surface area contributed by atoms with E-state index in [0.29, 0.717) is 5.05 Å². The van der Waals surface area contributed by atoms with Crippen LogP contribution >= 0.6 is 12.2 Å². The second-order valence-corrected chi connectivity index (χ2v) is 3.10. The van der Waals surface area contributed by atoms with E-state index < -0.39 is 6.10 Å². The molecule has 0 aromatic heterocycles. The second kappa shape index (κ2) is 4.58. The predicted molar refractivity (Wildman–Crippen MR) is 54.2 cm³/mol. The number of ether oxygens (including phenoxy) is 1. The third-order valence-electron chi connectivity index (χ3n) is 1.50. The molecule has 0 heterocycles. The van der Waals surface area contributed by atoms with Gasteiger partial charge in [-0.2, -0.15) is 5.26 Å². The standard InChI is InChI=1S/C10H9NOS/c1-8(13)12-10(7-11)9-5-3-2-4-6-9/h2-6,10H,1H3. The van der Waals surface area contributed by atoms with E-state index in [-0.39, 0.29) is 0 Å². The summed E-state index contributed by atoms with van der Waals surface area (Å²) in [4.78, 5) is 0. The molecule has 2 nitrogen and oxygen atoms in total. The van der Waals surface area contributed by atoms with Crippen molar-refractivity contribution in [1.29, 1.82) is 5.26 Å².